The van der Waals surface area contributed by atoms with Crippen LogP contribution in [0.3, 0.4) is 0 Å². The first-order valence-corrected chi connectivity index (χ1v) is 9.54. The van der Waals surface area contributed by atoms with Gasteiger partial charge >= 0.3 is 0 Å². The molecule has 0 fully saturated rings. The second-order valence-electron chi connectivity index (χ2n) is 6.71. The van der Waals surface area contributed by atoms with Crippen LogP contribution in [0, 0.1) is 6.92 Å². The number of hydrogen-bond acceptors (Lipinski definition) is 2. The van der Waals surface area contributed by atoms with Crippen molar-refractivity contribution in [2.24, 2.45) is 4.99 Å². The summed E-state index contributed by atoms with van der Waals surface area (Å²) in [4.78, 5) is 4.75. The maximum absolute atomic E-state index is 6.23. The van der Waals surface area contributed by atoms with E-state index in [2.05, 4.69) is 69.3 Å². The molecule has 0 amide bonds. The minimum absolute atomic E-state index is 0.677. The maximum Gasteiger partial charge on any atom is 0.219 e. The van der Waals surface area contributed by atoms with Gasteiger partial charge < -0.3 is 4.42 Å². The van der Waals surface area contributed by atoms with Crippen molar-refractivity contribution >= 4 is 5.69 Å². The van der Waals surface area contributed by atoms with Crippen molar-refractivity contribution in [1.82, 2.24) is 0 Å². The van der Waals surface area contributed by atoms with E-state index < -0.39 is 0 Å². The molecule has 1 heterocycles. The molecule has 2 aromatic carbocycles. The van der Waals surface area contributed by atoms with Crippen LogP contribution in [0.25, 0.3) is 11.1 Å². The summed E-state index contributed by atoms with van der Waals surface area (Å²) in [5.41, 5.74) is 6.62. The first-order valence-electron chi connectivity index (χ1n) is 9.54. The lowest BCUT2D eigenvalue weighted by molar-refractivity contribution is 0.439. The van der Waals surface area contributed by atoms with E-state index in [-0.39, 0.29) is 0 Å². The van der Waals surface area contributed by atoms with E-state index in [9.17, 15) is 0 Å². The highest BCUT2D eigenvalue weighted by Crippen LogP contribution is 2.27. The van der Waals surface area contributed by atoms with Crippen LogP contribution in [-0.4, -0.2) is 0 Å². The van der Waals surface area contributed by atoms with E-state index in [1.165, 1.54) is 22.3 Å². The van der Waals surface area contributed by atoms with Crippen molar-refractivity contribution in [1.29, 1.82) is 0 Å². The van der Waals surface area contributed by atoms with Crippen LogP contribution in [0.15, 0.2) is 70.1 Å². The Hall–Kier alpha value is -2.61. The average Bonchev–Trinajstić information content (AvgIpc) is 2.66. The van der Waals surface area contributed by atoms with Gasteiger partial charge in [0.05, 0.1) is 5.69 Å². The van der Waals surface area contributed by atoms with Crippen LogP contribution in [0.4, 0.5) is 5.69 Å². The molecule has 3 aromatic rings. The highest BCUT2D eigenvalue weighted by molar-refractivity contribution is 5.67. The van der Waals surface area contributed by atoms with Crippen molar-refractivity contribution in [3.63, 3.8) is 0 Å². The summed E-state index contributed by atoms with van der Waals surface area (Å²) >= 11 is 0. The number of hydrogen-bond donors (Lipinski definition) is 0. The monoisotopic (exact) mass is 345 g/mol. The van der Waals surface area contributed by atoms with Gasteiger partial charge in [-0.25, -0.2) is 4.99 Å². The van der Waals surface area contributed by atoms with Gasteiger partial charge in [0.1, 0.15) is 5.76 Å². The fourth-order valence-corrected chi connectivity index (χ4v) is 3.21. The van der Waals surface area contributed by atoms with Crippen LogP contribution in [0.1, 0.15) is 43.6 Å². The Morgan fingerprint density at radius 3 is 2.19 bits per heavy atom. The number of rotatable bonds is 6. The molecule has 0 spiro atoms. The summed E-state index contributed by atoms with van der Waals surface area (Å²) in [6.07, 6.45) is 4.11. The van der Waals surface area contributed by atoms with Gasteiger partial charge in [0, 0.05) is 12.5 Å². The van der Waals surface area contributed by atoms with Gasteiger partial charge in [-0.15, -0.1) is 0 Å². The summed E-state index contributed by atoms with van der Waals surface area (Å²) in [7, 11) is 0. The fourth-order valence-electron chi connectivity index (χ4n) is 3.21. The van der Waals surface area contributed by atoms with Gasteiger partial charge in [-0.2, -0.15) is 0 Å². The smallest absolute Gasteiger partial charge is 0.219 e. The zero-order valence-electron chi connectivity index (χ0n) is 16.0. The average molecular weight is 345 g/mol. The van der Waals surface area contributed by atoms with Gasteiger partial charge in [-0.05, 0) is 48.6 Å². The quantitative estimate of drug-likeness (QED) is 0.508. The van der Waals surface area contributed by atoms with Crippen LogP contribution < -0.4 is 5.55 Å². The van der Waals surface area contributed by atoms with Crippen molar-refractivity contribution < 1.29 is 4.42 Å². The van der Waals surface area contributed by atoms with Gasteiger partial charge in [0.25, 0.3) is 0 Å². The zero-order valence-corrected chi connectivity index (χ0v) is 16.0. The Balaban J connectivity index is 2.20. The van der Waals surface area contributed by atoms with Crippen molar-refractivity contribution in [2.45, 2.75) is 46.5 Å². The molecule has 0 atom stereocenters. The number of nitrogens with zero attached hydrogens (tertiary/aromatic N) is 1. The SMILES string of the molecule is CCCc1oc(=Nc2ccc(C)cc2)cc(-c2ccccc2)c1CCC. The topological polar surface area (TPSA) is 25.5 Å². The van der Waals surface area contributed by atoms with Gasteiger partial charge in [-0.3, -0.25) is 0 Å². The Morgan fingerprint density at radius 2 is 1.54 bits per heavy atom. The van der Waals surface area contributed by atoms with E-state index in [1.807, 2.05) is 12.1 Å². The molecule has 0 radical (unpaired) electrons. The summed E-state index contributed by atoms with van der Waals surface area (Å²) in [5, 5.41) is 0. The molecule has 0 bridgehead atoms. The molecule has 3 rings (SSSR count). The standard InChI is InChI=1S/C24H27NO/c1-4-9-21-22(19-11-7-6-8-12-19)17-24(26-23(21)10-5-2)25-20-15-13-18(3)14-16-20/h6-8,11-17H,4-5,9-10H2,1-3H3. The summed E-state index contributed by atoms with van der Waals surface area (Å²) in [6, 6.07) is 20.9. The highest BCUT2D eigenvalue weighted by Gasteiger charge is 2.13. The number of benzene rings is 2. The lowest BCUT2D eigenvalue weighted by Crippen LogP contribution is -2.08. The van der Waals surface area contributed by atoms with Gasteiger partial charge in [-0.1, -0.05) is 68.3 Å². The van der Waals surface area contributed by atoms with E-state index in [0.29, 0.717) is 5.55 Å². The second-order valence-corrected chi connectivity index (χ2v) is 6.71. The first kappa shape index (κ1) is 18.2. The third-order valence-electron chi connectivity index (χ3n) is 4.49. The molecule has 2 nitrogen and oxygen atoms in total. The molecule has 0 saturated heterocycles. The Bertz CT molecular complexity index is 905. The molecule has 0 saturated carbocycles. The van der Waals surface area contributed by atoms with E-state index in [0.717, 1.165) is 37.1 Å². The van der Waals surface area contributed by atoms with Crippen LogP contribution in [0.5, 0.6) is 0 Å². The maximum atomic E-state index is 6.23. The van der Waals surface area contributed by atoms with Crippen LogP contribution in [-0.2, 0) is 12.8 Å². The van der Waals surface area contributed by atoms with Gasteiger partial charge in [0.2, 0.25) is 5.55 Å². The fraction of sp³-hybridized carbons (Fsp3) is 0.292. The number of aryl methyl sites for hydroxylation is 2. The zero-order chi connectivity index (χ0) is 18.4. The van der Waals surface area contributed by atoms with Crippen LogP contribution >= 0.6 is 0 Å². The minimum Gasteiger partial charge on any atom is -0.443 e. The Labute approximate surface area is 156 Å². The normalized spacial score (nSPS) is 11.7. The van der Waals surface area contributed by atoms with Gasteiger partial charge in [0.15, 0.2) is 0 Å². The molecule has 0 N–H and O–H groups in total. The minimum atomic E-state index is 0.677. The lowest BCUT2D eigenvalue weighted by atomic mass is 9.95. The highest BCUT2D eigenvalue weighted by atomic mass is 16.3. The third kappa shape index (κ3) is 4.32. The molecule has 134 valence electrons. The summed E-state index contributed by atoms with van der Waals surface area (Å²) in [6.45, 7) is 6.49. The first-order chi connectivity index (χ1) is 12.7. The lowest BCUT2D eigenvalue weighted by Gasteiger charge is -2.13. The summed E-state index contributed by atoms with van der Waals surface area (Å²) < 4.78 is 6.23. The molecule has 0 aliphatic rings. The Kier molecular flexibility index (Phi) is 6.06. The molecule has 0 aliphatic heterocycles. The van der Waals surface area contributed by atoms with E-state index in [1.54, 1.807) is 0 Å². The molecule has 0 unspecified atom stereocenters. The van der Waals surface area contributed by atoms with Crippen LogP contribution in [0.2, 0.25) is 0 Å². The molecule has 2 heteroatoms. The third-order valence-corrected chi connectivity index (χ3v) is 4.49. The largest absolute Gasteiger partial charge is 0.443 e. The van der Waals surface area contributed by atoms with E-state index in [4.69, 9.17) is 9.41 Å². The Morgan fingerprint density at radius 1 is 0.846 bits per heavy atom. The van der Waals surface area contributed by atoms with E-state index >= 15 is 0 Å². The molecule has 26 heavy (non-hydrogen) atoms. The molecular formula is C24H27NO. The van der Waals surface area contributed by atoms with Crippen molar-refractivity contribution in [3.05, 3.63) is 83.1 Å². The predicted octanol–water partition coefficient (Wildman–Crippen LogP) is 6.39. The van der Waals surface area contributed by atoms with Crippen molar-refractivity contribution in [2.75, 3.05) is 0 Å². The second kappa shape index (κ2) is 8.66. The summed E-state index contributed by atoms with van der Waals surface area (Å²) in [5.74, 6) is 1.07. The van der Waals surface area contributed by atoms with Crippen molar-refractivity contribution in [3.8, 4) is 11.1 Å². The molecular weight excluding hydrogens is 318 g/mol. The predicted molar refractivity (Wildman–Crippen MR) is 109 cm³/mol. The molecule has 1 aromatic heterocycles. The molecule has 0 aliphatic carbocycles.